The summed E-state index contributed by atoms with van der Waals surface area (Å²) in [6, 6.07) is 5.99. The number of fused-ring (bicyclic) bond motifs is 1. The van der Waals surface area contributed by atoms with Crippen LogP contribution in [-0.4, -0.2) is 30.1 Å². The number of imidazole rings is 1. The van der Waals surface area contributed by atoms with Gasteiger partial charge in [-0.1, -0.05) is 83.9 Å². The van der Waals surface area contributed by atoms with E-state index in [9.17, 15) is 0 Å². The first kappa shape index (κ1) is 32.1. The lowest BCUT2D eigenvalue weighted by molar-refractivity contribution is 0.353. The minimum Gasteiger partial charge on any atom is -0.359 e. The van der Waals surface area contributed by atoms with Gasteiger partial charge in [-0.2, -0.15) is 5.10 Å². The van der Waals surface area contributed by atoms with Crippen molar-refractivity contribution in [3.63, 3.8) is 0 Å². The summed E-state index contributed by atoms with van der Waals surface area (Å²) in [5.41, 5.74) is 9.07. The van der Waals surface area contributed by atoms with E-state index >= 15 is 0 Å². The summed E-state index contributed by atoms with van der Waals surface area (Å²) in [5.74, 6) is 1.40. The Kier molecular flexibility index (Phi) is 11.4. The van der Waals surface area contributed by atoms with E-state index in [2.05, 4.69) is 63.4 Å². The largest absolute Gasteiger partial charge is 0.359 e. The van der Waals surface area contributed by atoms with Crippen molar-refractivity contribution < 1.29 is 0 Å². The number of nitrogens with zero attached hydrogens (tertiary/aromatic N) is 4. The number of nitrogens with one attached hydrogen (secondary N) is 3. The van der Waals surface area contributed by atoms with Crippen LogP contribution in [0.5, 0.6) is 0 Å². The maximum atomic E-state index is 4.98. The average Bonchev–Trinajstić information content (AvgIpc) is 3.66. The van der Waals surface area contributed by atoms with Gasteiger partial charge in [0.25, 0.3) is 0 Å². The van der Waals surface area contributed by atoms with E-state index in [1.807, 2.05) is 58.2 Å². The van der Waals surface area contributed by atoms with E-state index in [0.717, 1.165) is 68.2 Å². The molecular weight excluding hydrogens is 542 g/mol. The highest BCUT2D eigenvalue weighted by molar-refractivity contribution is 5.93. The van der Waals surface area contributed by atoms with Gasteiger partial charge in [-0.05, 0) is 67.7 Å². The van der Waals surface area contributed by atoms with Crippen LogP contribution in [0.1, 0.15) is 81.9 Å². The number of hydrogen-bond donors (Lipinski definition) is 3. The third-order valence-corrected chi connectivity index (χ3v) is 7.81. The van der Waals surface area contributed by atoms with Gasteiger partial charge in [0.2, 0.25) is 0 Å². The summed E-state index contributed by atoms with van der Waals surface area (Å²) >= 11 is 0. The van der Waals surface area contributed by atoms with Gasteiger partial charge in [-0.15, -0.1) is 0 Å². The van der Waals surface area contributed by atoms with E-state index < -0.39 is 0 Å². The summed E-state index contributed by atoms with van der Waals surface area (Å²) in [7, 11) is 0. The lowest BCUT2D eigenvalue weighted by Crippen LogP contribution is -2.16. The molecule has 0 atom stereocenters. The second-order valence-corrected chi connectivity index (χ2v) is 10.8. The molecule has 0 aliphatic heterocycles. The third kappa shape index (κ3) is 7.59. The molecule has 4 aromatic rings. The number of aromatic nitrogens is 6. The van der Waals surface area contributed by atoms with Crippen molar-refractivity contribution in [2.75, 3.05) is 0 Å². The van der Waals surface area contributed by atoms with Crippen LogP contribution in [0.3, 0.4) is 0 Å². The molecule has 0 unspecified atom stereocenters. The molecule has 3 N–H and O–H groups in total. The quantitative estimate of drug-likeness (QED) is 0.152. The van der Waals surface area contributed by atoms with Crippen molar-refractivity contribution in [1.29, 1.82) is 0 Å². The zero-order valence-electron chi connectivity index (χ0n) is 26.6. The summed E-state index contributed by atoms with van der Waals surface area (Å²) in [6.07, 6.45) is 22.6. The van der Waals surface area contributed by atoms with Gasteiger partial charge in [0.1, 0.15) is 5.69 Å². The van der Waals surface area contributed by atoms with Gasteiger partial charge in [0.15, 0.2) is 5.82 Å². The lowest BCUT2D eigenvalue weighted by Gasteiger charge is -2.23. The number of aryl methyl sites for hydroxylation is 1. The van der Waals surface area contributed by atoms with Crippen molar-refractivity contribution >= 4 is 22.0 Å². The molecule has 0 aromatic carbocycles. The Morgan fingerprint density at radius 3 is 2.55 bits per heavy atom. The van der Waals surface area contributed by atoms with Crippen LogP contribution in [0.25, 0.3) is 33.6 Å². The Bertz CT molecular complexity index is 1680. The smallest absolute Gasteiger partial charge is 0.159 e. The molecule has 7 nitrogen and oxygen atoms in total. The molecule has 1 aliphatic rings. The molecular formula is C37H45N7. The van der Waals surface area contributed by atoms with Crippen LogP contribution in [0.4, 0.5) is 0 Å². The van der Waals surface area contributed by atoms with Gasteiger partial charge < -0.3 is 10.3 Å². The fourth-order valence-electron chi connectivity index (χ4n) is 5.66. The average molecular weight is 588 g/mol. The van der Waals surface area contributed by atoms with Crippen LogP contribution in [0.2, 0.25) is 0 Å². The molecule has 0 saturated heterocycles. The number of rotatable bonds is 11. The van der Waals surface area contributed by atoms with Crippen LogP contribution in [0.15, 0.2) is 98.3 Å². The van der Waals surface area contributed by atoms with E-state index in [1.54, 1.807) is 18.5 Å². The highest BCUT2D eigenvalue weighted by Crippen LogP contribution is 2.31. The predicted octanol–water partition coefficient (Wildman–Crippen LogP) is 9.24. The van der Waals surface area contributed by atoms with Crippen molar-refractivity contribution in [2.45, 2.75) is 66.2 Å². The third-order valence-electron chi connectivity index (χ3n) is 7.81. The number of hydrogen-bond acceptors (Lipinski definition) is 5. The lowest BCUT2D eigenvalue weighted by atomic mass is 9.86. The van der Waals surface area contributed by atoms with Crippen molar-refractivity contribution in [3.05, 3.63) is 121 Å². The fourth-order valence-corrected chi connectivity index (χ4v) is 5.66. The van der Waals surface area contributed by atoms with Crippen LogP contribution < -0.4 is 5.32 Å². The van der Waals surface area contributed by atoms with E-state index in [4.69, 9.17) is 9.97 Å². The Balaban J connectivity index is 0.00000216. The van der Waals surface area contributed by atoms with E-state index in [-0.39, 0.29) is 0 Å². The second-order valence-electron chi connectivity index (χ2n) is 10.8. The van der Waals surface area contributed by atoms with Crippen LogP contribution >= 0.6 is 0 Å². The number of allylic oxidation sites excluding steroid dienone is 7. The number of H-pyrrole nitrogens is 2. The second kappa shape index (κ2) is 15.6. The molecule has 4 heterocycles. The zero-order valence-corrected chi connectivity index (χ0v) is 26.6. The van der Waals surface area contributed by atoms with Gasteiger partial charge in [0, 0.05) is 40.4 Å². The highest BCUT2D eigenvalue weighted by Gasteiger charge is 2.19. The molecule has 4 aromatic heterocycles. The normalized spacial score (nSPS) is 14.6. The Hall–Kier alpha value is -4.78. The van der Waals surface area contributed by atoms with Gasteiger partial charge >= 0.3 is 0 Å². The molecule has 5 rings (SSSR count). The molecule has 0 bridgehead atoms. The topological polar surface area (TPSA) is 95.2 Å². The van der Waals surface area contributed by atoms with Gasteiger partial charge in [-0.25, -0.2) is 4.98 Å². The maximum absolute atomic E-state index is 4.98. The molecule has 1 aliphatic carbocycles. The zero-order chi connectivity index (χ0) is 31.5. The molecule has 1 fully saturated rings. The van der Waals surface area contributed by atoms with Crippen molar-refractivity contribution in [1.82, 2.24) is 35.5 Å². The summed E-state index contributed by atoms with van der Waals surface area (Å²) in [5, 5.41) is 12.2. The summed E-state index contributed by atoms with van der Waals surface area (Å²) in [6.45, 7) is 20.3. The summed E-state index contributed by atoms with van der Waals surface area (Å²) in [4.78, 5) is 17.3. The van der Waals surface area contributed by atoms with Crippen LogP contribution in [-0.2, 0) is 0 Å². The summed E-state index contributed by atoms with van der Waals surface area (Å²) < 4.78 is 0. The number of pyridine rings is 2. The highest BCUT2D eigenvalue weighted by atomic mass is 15.1. The van der Waals surface area contributed by atoms with Crippen molar-refractivity contribution in [3.8, 4) is 11.5 Å². The number of aromatic amines is 2. The molecule has 0 spiro atoms. The first-order valence-corrected chi connectivity index (χ1v) is 15.6. The maximum Gasteiger partial charge on any atom is 0.159 e. The Morgan fingerprint density at radius 2 is 1.86 bits per heavy atom. The Labute approximate surface area is 261 Å². The standard InChI is InChI=1S/C35H39N7.C2H6/c1-6-12-29(27-15-17-36-18-16-27)33-24(5)39-35(40-33)34-30-21-31(37-22-32(30)41-42-34)26(7-2)20-28(8-3)38-23(4)19-25-13-10-9-11-14-25;1-2/h6-8,12,15-18,20-22,25,38H,1,3-4,9-11,13-14,19H2,2,5H3,(H,39,40)(H,41,42);1-2H3/b26-7+,28-20+,29-12-;. The van der Waals surface area contributed by atoms with Crippen molar-refractivity contribution in [2.24, 2.45) is 5.92 Å². The molecule has 44 heavy (non-hydrogen) atoms. The first-order chi connectivity index (χ1) is 21.5. The monoisotopic (exact) mass is 587 g/mol. The SMILES string of the molecule is C=C/C=C(/c1ccncc1)c1nc(-c2n[nH]c3cnc(C(/C=C(\C=C)NC(=C)CC4CCCCC4)=C/C)cc23)[nH]c1C.CC. The molecule has 228 valence electrons. The Morgan fingerprint density at radius 1 is 1.11 bits per heavy atom. The van der Waals surface area contributed by atoms with E-state index in [0.29, 0.717) is 11.7 Å². The fraction of sp³-hybridized carbons (Fsp3) is 0.297. The van der Waals surface area contributed by atoms with Gasteiger partial charge in [-0.3, -0.25) is 15.1 Å². The predicted molar refractivity (Wildman–Crippen MR) is 184 cm³/mol. The molecule has 0 radical (unpaired) electrons. The minimum atomic E-state index is 0.681. The van der Waals surface area contributed by atoms with Crippen LogP contribution in [0, 0.1) is 12.8 Å². The molecule has 1 saturated carbocycles. The molecule has 7 heteroatoms. The first-order valence-electron chi connectivity index (χ1n) is 15.6. The van der Waals surface area contributed by atoms with E-state index in [1.165, 1.54) is 32.1 Å². The van der Waals surface area contributed by atoms with Gasteiger partial charge in [0.05, 0.1) is 23.1 Å². The molecule has 0 amide bonds. The minimum absolute atomic E-state index is 0.681.